The molecule has 2 rings (SSSR count). The van der Waals surface area contributed by atoms with E-state index in [-0.39, 0.29) is 12.5 Å². The van der Waals surface area contributed by atoms with Gasteiger partial charge >= 0.3 is 6.03 Å². The molecule has 24 heavy (non-hydrogen) atoms. The molecule has 0 bridgehead atoms. The van der Waals surface area contributed by atoms with Gasteiger partial charge in [0.2, 0.25) is 5.91 Å². The number of carbonyl (C=O) groups excluding carboxylic acids is 2. The Kier molecular flexibility index (Phi) is 6.01. The lowest BCUT2D eigenvalue weighted by molar-refractivity contribution is -0.115. The van der Waals surface area contributed by atoms with Gasteiger partial charge in [0.05, 0.1) is 13.2 Å². The second-order valence-corrected chi connectivity index (χ2v) is 4.80. The average molecular weight is 329 g/mol. The summed E-state index contributed by atoms with van der Waals surface area (Å²) in [6, 6.07) is 13.4. The molecule has 0 fully saturated rings. The van der Waals surface area contributed by atoms with Crippen molar-refractivity contribution in [2.24, 2.45) is 5.73 Å². The fourth-order valence-corrected chi connectivity index (χ4v) is 1.89. The Bertz CT molecular complexity index is 684. The number of carbonyl (C=O) groups is 2. The summed E-state index contributed by atoms with van der Waals surface area (Å²) in [7, 11) is 0. The third kappa shape index (κ3) is 5.53. The minimum atomic E-state index is -0.746. The van der Waals surface area contributed by atoms with Crippen molar-refractivity contribution >= 4 is 17.6 Å². The van der Waals surface area contributed by atoms with E-state index < -0.39 is 6.03 Å². The van der Waals surface area contributed by atoms with E-state index in [1.807, 2.05) is 31.2 Å². The molecule has 2 aromatic rings. The molecule has 126 valence electrons. The molecule has 0 saturated heterocycles. The third-order valence-corrected chi connectivity index (χ3v) is 2.93. The normalized spacial score (nSPS) is 9.88. The predicted octanol–water partition coefficient (Wildman–Crippen LogP) is 2.48. The molecule has 0 aliphatic rings. The molecule has 0 aromatic heterocycles. The monoisotopic (exact) mass is 329 g/mol. The minimum Gasteiger partial charge on any atom is -0.494 e. The number of hydrogen-bond donors (Lipinski definition) is 3. The zero-order valence-electron chi connectivity index (χ0n) is 13.2. The number of amides is 3. The molecular weight excluding hydrogens is 310 g/mol. The van der Waals surface area contributed by atoms with Crippen molar-refractivity contribution in [2.45, 2.75) is 6.92 Å². The fraction of sp³-hybridized carbons (Fsp3) is 0.176. The molecule has 0 aliphatic heterocycles. The van der Waals surface area contributed by atoms with Gasteiger partial charge in [-0.1, -0.05) is 0 Å². The van der Waals surface area contributed by atoms with Gasteiger partial charge in [0.25, 0.3) is 0 Å². The van der Waals surface area contributed by atoms with Gasteiger partial charge in [0.1, 0.15) is 17.2 Å². The van der Waals surface area contributed by atoms with Crippen LogP contribution in [0, 0.1) is 0 Å². The first kappa shape index (κ1) is 17.1. The van der Waals surface area contributed by atoms with Crippen LogP contribution in [0.3, 0.4) is 0 Å². The number of anilines is 1. The van der Waals surface area contributed by atoms with E-state index in [9.17, 15) is 9.59 Å². The van der Waals surface area contributed by atoms with Crippen molar-refractivity contribution < 1.29 is 19.1 Å². The first-order chi connectivity index (χ1) is 11.6. The Balaban J connectivity index is 1.89. The van der Waals surface area contributed by atoms with Crippen LogP contribution in [0.2, 0.25) is 0 Å². The molecule has 4 N–H and O–H groups in total. The molecule has 0 radical (unpaired) electrons. The van der Waals surface area contributed by atoms with Crippen LogP contribution in [-0.2, 0) is 4.79 Å². The maximum absolute atomic E-state index is 11.6. The van der Waals surface area contributed by atoms with Gasteiger partial charge in [-0.05, 0) is 55.5 Å². The maximum Gasteiger partial charge on any atom is 0.312 e. The number of primary amides is 1. The van der Waals surface area contributed by atoms with Gasteiger partial charge in [-0.3, -0.25) is 4.79 Å². The molecule has 0 heterocycles. The Morgan fingerprint density at radius 3 is 2.04 bits per heavy atom. The Labute approximate surface area is 139 Å². The number of nitrogens with two attached hydrogens (primary N) is 1. The van der Waals surface area contributed by atoms with Gasteiger partial charge in [0.15, 0.2) is 0 Å². The number of nitrogens with one attached hydrogen (secondary N) is 2. The lowest BCUT2D eigenvalue weighted by Gasteiger charge is -2.09. The molecule has 0 unspecified atom stereocenters. The summed E-state index contributed by atoms with van der Waals surface area (Å²) < 4.78 is 11.1. The van der Waals surface area contributed by atoms with Gasteiger partial charge in [-0.15, -0.1) is 0 Å². The minimum absolute atomic E-state index is 0.181. The molecule has 0 aliphatic carbocycles. The summed E-state index contributed by atoms with van der Waals surface area (Å²) in [6.07, 6.45) is 0. The van der Waals surface area contributed by atoms with Crippen molar-refractivity contribution in [3.8, 4) is 17.2 Å². The van der Waals surface area contributed by atoms with E-state index in [4.69, 9.17) is 15.2 Å². The van der Waals surface area contributed by atoms with Crippen LogP contribution >= 0.6 is 0 Å². The molecular formula is C17H19N3O4. The highest BCUT2D eigenvalue weighted by Gasteiger charge is 2.04. The summed E-state index contributed by atoms with van der Waals surface area (Å²) in [4.78, 5) is 22.1. The lowest BCUT2D eigenvalue weighted by atomic mass is 10.3. The first-order valence-corrected chi connectivity index (χ1v) is 7.40. The van der Waals surface area contributed by atoms with Gasteiger partial charge < -0.3 is 25.8 Å². The zero-order valence-corrected chi connectivity index (χ0v) is 13.2. The quantitative estimate of drug-likeness (QED) is 0.726. The van der Waals surface area contributed by atoms with Crippen LogP contribution in [0.25, 0.3) is 0 Å². The smallest absolute Gasteiger partial charge is 0.312 e. The lowest BCUT2D eigenvalue weighted by Crippen LogP contribution is -2.36. The molecule has 0 atom stereocenters. The highest BCUT2D eigenvalue weighted by Crippen LogP contribution is 2.25. The Morgan fingerprint density at radius 2 is 1.50 bits per heavy atom. The summed E-state index contributed by atoms with van der Waals surface area (Å²) in [5.74, 6) is 1.73. The first-order valence-electron chi connectivity index (χ1n) is 7.40. The van der Waals surface area contributed by atoms with Crippen LogP contribution in [-0.4, -0.2) is 25.1 Å². The van der Waals surface area contributed by atoms with E-state index in [1.54, 1.807) is 24.3 Å². The number of hydrogen-bond acceptors (Lipinski definition) is 4. The van der Waals surface area contributed by atoms with Gasteiger partial charge in [-0.2, -0.15) is 0 Å². The van der Waals surface area contributed by atoms with Gasteiger partial charge in [-0.25, -0.2) is 4.79 Å². The largest absolute Gasteiger partial charge is 0.494 e. The molecule has 0 saturated carbocycles. The van der Waals surface area contributed by atoms with Crippen molar-refractivity contribution in [2.75, 3.05) is 18.5 Å². The van der Waals surface area contributed by atoms with E-state index >= 15 is 0 Å². The zero-order chi connectivity index (χ0) is 17.4. The summed E-state index contributed by atoms with van der Waals surface area (Å²) >= 11 is 0. The standard InChI is InChI=1S/C17H19N3O4/c1-2-23-13-7-9-15(10-8-13)24-14-5-3-12(4-6-14)20-16(21)11-19-17(18)22/h3-10H,2,11H2,1H3,(H,20,21)(H3,18,19,22). The second-order valence-electron chi connectivity index (χ2n) is 4.80. The van der Waals surface area contributed by atoms with Gasteiger partial charge in [0, 0.05) is 5.69 Å². The predicted molar refractivity (Wildman–Crippen MR) is 90.3 cm³/mol. The molecule has 7 heteroatoms. The van der Waals surface area contributed by atoms with Crippen LogP contribution in [0.4, 0.5) is 10.5 Å². The van der Waals surface area contributed by atoms with Crippen molar-refractivity contribution in [1.29, 1.82) is 0 Å². The summed E-state index contributed by atoms with van der Waals surface area (Å²) in [5, 5.41) is 4.84. The highest BCUT2D eigenvalue weighted by molar-refractivity contribution is 5.94. The van der Waals surface area contributed by atoms with E-state index in [0.29, 0.717) is 23.8 Å². The van der Waals surface area contributed by atoms with Crippen molar-refractivity contribution in [1.82, 2.24) is 5.32 Å². The summed E-state index contributed by atoms with van der Waals surface area (Å²) in [6.45, 7) is 2.36. The topological polar surface area (TPSA) is 103 Å². The SMILES string of the molecule is CCOc1ccc(Oc2ccc(NC(=O)CNC(N)=O)cc2)cc1. The van der Waals surface area contributed by atoms with Crippen LogP contribution in [0.5, 0.6) is 17.2 Å². The van der Waals surface area contributed by atoms with Crippen LogP contribution in [0.15, 0.2) is 48.5 Å². The fourth-order valence-electron chi connectivity index (χ4n) is 1.89. The Hall–Kier alpha value is -3.22. The van der Waals surface area contributed by atoms with E-state index in [0.717, 1.165) is 5.75 Å². The number of benzene rings is 2. The summed E-state index contributed by atoms with van der Waals surface area (Å²) in [5.41, 5.74) is 5.49. The van der Waals surface area contributed by atoms with Crippen LogP contribution < -0.4 is 25.8 Å². The number of ether oxygens (including phenoxy) is 2. The van der Waals surface area contributed by atoms with E-state index in [2.05, 4.69) is 10.6 Å². The van der Waals surface area contributed by atoms with Crippen molar-refractivity contribution in [3.05, 3.63) is 48.5 Å². The number of rotatable bonds is 7. The number of urea groups is 1. The third-order valence-electron chi connectivity index (χ3n) is 2.93. The van der Waals surface area contributed by atoms with E-state index in [1.165, 1.54) is 0 Å². The molecule has 7 nitrogen and oxygen atoms in total. The van der Waals surface area contributed by atoms with Crippen LogP contribution in [0.1, 0.15) is 6.92 Å². The second kappa shape index (κ2) is 8.42. The maximum atomic E-state index is 11.6. The molecule has 0 spiro atoms. The molecule has 2 aromatic carbocycles. The Morgan fingerprint density at radius 1 is 0.958 bits per heavy atom. The molecule has 3 amide bonds. The average Bonchev–Trinajstić information content (AvgIpc) is 2.57. The highest BCUT2D eigenvalue weighted by atomic mass is 16.5. The van der Waals surface area contributed by atoms with Crippen molar-refractivity contribution in [3.63, 3.8) is 0 Å².